The van der Waals surface area contributed by atoms with Crippen LogP contribution in [0.1, 0.15) is 84.9 Å². The maximum atomic E-state index is 11.1. The van der Waals surface area contributed by atoms with Gasteiger partial charge in [-0.15, -0.1) is 0 Å². The molecule has 5 heteroatoms. The van der Waals surface area contributed by atoms with E-state index in [9.17, 15) is 5.11 Å². The summed E-state index contributed by atoms with van der Waals surface area (Å²) in [6.07, 6.45) is 5.82. The van der Waals surface area contributed by atoms with E-state index in [0.29, 0.717) is 22.8 Å². The Balaban J connectivity index is 1.98. The van der Waals surface area contributed by atoms with Crippen molar-refractivity contribution in [3.8, 4) is 11.5 Å². The van der Waals surface area contributed by atoms with E-state index in [2.05, 4.69) is 39.5 Å². The molecule has 1 atom stereocenters. The normalized spacial score (nSPS) is 12.9. The zero-order chi connectivity index (χ0) is 28.5. The monoisotopic (exact) mass is 525 g/mol. The number of aromatic hydroxyl groups is 1. The van der Waals surface area contributed by atoms with Gasteiger partial charge in [0.15, 0.2) is 5.84 Å². The zero-order valence-corrected chi connectivity index (χ0v) is 24.3. The quantitative estimate of drug-likeness (QED) is 0.150. The Kier molecular flexibility index (Phi) is 10.5. The summed E-state index contributed by atoms with van der Waals surface area (Å²) in [5, 5.41) is 11.1. The lowest BCUT2D eigenvalue weighted by Crippen LogP contribution is -2.18. The van der Waals surface area contributed by atoms with Gasteiger partial charge in [-0.05, 0) is 70.7 Å². The molecular formula is C34H43N3O2. The molecule has 1 unspecified atom stereocenters. The van der Waals surface area contributed by atoms with E-state index >= 15 is 0 Å². The van der Waals surface area contributed by atoms with Crippen LogP contribution in [0.2, 0.25) is 0 Å². The topological polar surface area (TPSA) is 80.2 Å². The molecule has 0 heterocycles. The number of aliphatic imine (C=N–C) groups is 2. The first kappa shape index (κ1) is 29.7. The average molecular weight is 526 g/mol. The van der Waals surface area contributed by atoms with Crippen molar-refractivity contribution >= 4 is 17.4 Å². The zero-order valence-electron chi connectivity index (χ0n) is 24.3. The lowest BCUT2D eigenvalue weighted by molar-refractivity contribution is 0.205. The van der Waals surface area contributed by atoms with E-state index in [1.807, 2.05) is 51.1 Å². The number of ether oxygens (including phenoxy) is 1. The Bertz CT molecular complexity index is 1370. The average Bonchev–Trinajstić information content (AvgIpc) is 2.86. The van der Waals surface area contributed by atoms with Crippen molar-refractivity contribution in [2.75, 3.05) is 0 Å². The van der Waals surface area contributed by atoms with Gasteiger partial charge in [-0.1, -0.05) is 80.3 Å². The Morgan fingerprint density at radius 1 is 0.846 bits per heavy atom. The molecule has 0 radical (unpaired) electrons. The third-order valence-electron chi connectivity index (χ3n) is 6.83. The predicted molar refractivity (Wildman–Crippen MR) is 165 cm³/mol. The van der Waals surface area contributed by atoms with Crippen LogP contribution in [-0.2, 0) is 0 Å². The molecule has 39 heavy (non-hydrogen) atoms. The van der Waals surface area contributed by atoms with Crippen LogP contribution in [0.4, 0.5) is 0 Å². The number of nitrogens with zero attached hydrogens (tertiary/aromatic N) is 2. The molecule has 0 fully saturated rings. The number of hydrogen-bond donors (Lipinski definition) is 2. The smallest absolute Gasteiger partial charge is 0.165 e. The highest BCUT2D eigenvalue weighted by molar-refractivity contribution is 6.13. The van der Waals surface area contributed by atoms with Crippen LogP contribution in [0.25, 0.3) is 5.70 Å². The number of nitrogens with two attached hydrogens (primary N) is 1. The lowest BCUT2D eigenvalue weighted by Gasteiger charge is -2.16. The summed E-state index contributed by atoms with van der Waals surface area (Å²) < 4.78 is 6.09. The van der Waals surface area contributed by atoms with Gasteiger partial charge in [0.2, 0.25) is 0 Å². The van der Waals surface area contributed by atoms with Crippen molar-refractivity contribution in [3.05, 3.63) is 100 Å². The van der Waals surface area contributed by atoms with E-state index in [0.717, 1.165) is 46.2 Å². The van der Waals surface area contributed by atoms with E-state index in [-0.39, 0.29) is 17.7 Å². The van der Waals surface area contributed by atoms with Crippen molar-refractivity contribution in [2.24, 2.45) is 15.7 Å². The van der Waals surface area contributed by atoms with Crippen molar-refractivity contribution in [2.45, 2.75) is 79.8 Å². The highest BCUT2D eigenvalue weighted by Crippen LogP contribution is 2.28. The molecule has 3 aromatic carbocycles. The van der Waals surface area contributed by atoms with Gasteiger partial charge in [0.25, 0.3) is 0 Å². The number of benzene rings is 3. The van der Waals surface area contributed by atoms with Gasteiger partial charge in [0, 0.05) is 17.2 Å². The van der Waals surface area contributed by atoms with Crippen LogP contribution < -0.4 is 10.5 Å². The summed E-state index contributed by atoms with van der Waals surface area (Å²) >= 11 is 0. The molecule has 3 N–H and O–H groups in total. The number of amidine groups is 2. The highest BCUT2D eigenvalue weighted by atomic mass is 16.5. The van der Waals surface area contributed by atoms with E-state index < -0.39 is 0 Å². The molecule has 0 bridgehead atoms. The Labute approximate surface area is 234 Å². The summed E-state index contributed by atoms with van der Waals surface area (Å²) in [6, 6.07) is 17.4. The number of hydrogen-bond acceptors (Lipinski definition) is 3. The van der Waals surface area contributed by atoms with Crippen LogP contribution in [0.3, 0.4) is 0 Å². The third-order valence-corrected chi connectivity index (χ3v) is 6.83. The van der Waals surface area contributed by atoms with Gasteiger partial charge >= 0.3 is 0 Å². The molecule has 206 valence electrons. The van der Waals surface area contributed by atoms with Crippen LogP contribution >= 0.6 is 0 Å². The Morgan fingerprint density at radius 3 is 2.05 bits per heavy atom. The second kappa shape index (κ2) is 13.8. The molecule has 3 rings (SSSR count). The second-order valence-electron chi connectivity index (χ2n) is 10.5. The van der Waals surface area contributed by atoms with Crippen molar-refractivity contribution in [1.82, 2.24) is 0 Å². The standard InChI is InChI=1S/C34H43N3O2/c1-8-9-10-11-12-26(6)39-28-15-18-31(32(38)21-28)34(36-27(7)29-16-13-22(2)19-24(29)4)37-33(35)30-17-14-23(3)20-25(30)5/h13-21,26,38H,7-12H2,1-6H3,(H2,35,36,37). The third kappa shape index (κ3) is 8.31. The molecule has 0 aliphatic rings. The van der Waals surface area contributed by atoms with Gasteiger partial charge in [0.1, 0.15) is 17.3 Å². The molecule has 0 spiro atoms. The number of aryl methyl sites for hydroxylation is 4. The van der Waals surface area contributed by atoms with E-state index in [1.54, 1.807) is 12.1 Å². The Hall–Kier alpha value is -3.86. The largest absolute Gasteiger partial charge is 0.507 e. The Morgan fingerprint density at radius 2 is 1.46 bits per heavy atom. The van der Waals surface area contributed by atoms with Gasteiger partial charge in [-0.2, -0.15) is 0 Å². The minimum absolute atomic E-state index is 0.0232. The summed E-state index contributed by atoms with van der Waals surface area (Å²) in [6.45, 7) is 16.6. The first-order chi connectivity index (χ1) is 18.6. The molecule has 0 aliphatic carbocycles. The molecule has 0 amide bonds. The minimum atomic E-state index is 0.0232. The molecule has 3 aromatic rings. The molecule has 0 saturated heterocycles. The van der Waals surface area contributed by atoms with Gasteiger partial charge in [-0.25, -0.2) is 9.98 Å². The number of rotatable bonds is 11. The van der Waals surface area contributed by atoms with Gasteiger partial charge < -0.3 is 15.6 Å². The van der Waals surface area contributed by atoms with E-state index in [1.165, 1.54) is 19.3 Å². The second-order valence-corrected chi connectivity index (χ2v) is 10.5. The van der Waals surface area contributed by atoms with Crippen molar-refractivity contribution in [1.29, 1.82) is 0 Å². The van der Waals surface area contributed by atoms with Crippen LogP contribution in [0, 0.1) is 27.7 Å². The highest BCUT2D eigenvalue weighted by Gasteiger charge is 2.15. The van der Waals surface area contributed by atoms with Gasteiger partial charge in [0.05, 0.1) is 17.4 Å². The minimum Gasteiger partial charge on any atom is -0.507 e. The fraction of sp³-hybridized carbons (Fsp3) is 0.353. The molecular weight excluding hydrogens is 482 g/mol. The molecule has 0 aliphatic heterocycles. The fourth-order valence-corrected chi connectivity index (χ4v) is 4.67. The number of phenolic OH excluding ortho intramolecular Hbond substituents is 1. The fourth-order valence-electron chi connectivity index (χ4n) is 4.67. The number of phenols is 1. The summed E-state index contributed by atoms with van der Waals surface area (Å²) in [7, 11) is 0. The molecule has 5 nitrogen and oxygen atoms in total. The van der Waals surface area contributed by atoms with E-state index in [4.69, 9.17) is 20.5 Å². The number of unbranched alkanes of at least 4 members (excludes halogenated alkanes) is 3. The van der Waals surface area contributed by atoms with Crippen LogP contribution in [0.5, 0.6) is 11.5 Å². The van der Waals surface area contributed by atoms with Gasteiger partial charge in [-0.3, -0.25) is 0 Å². The van der Waals surface area contributed by atoms with Crippen molar-refractivity contribution < 1.29 is 9.84 Å². The predicted octanol–water partition coefficient (Wildman–Crippen LogP) is 8.19. The SMILES string of the molecule is C=C(N=C(N=C(N)c1ccc(C)cc1C)c1ccc(OC(C)CCCCCC)cc1O)c1ccc(C)cc1C. The lowest BCUT2D eigenvalue weighted by atomic mass is 10.0. The summed E-state index contributed by atoms with van der Waals surface area (Å²) in [5.74, 6) is 1.24. The van der Waals surface area contributed by atoms with Crippen molar-refractivity contribution in [3.63, 3.8) is 0 Å². The molecule has 0 aromatic heterocycles. The molecule has 0 saturated carbocycles. The maximum absolute atomic E-state index is 11.1. The van der Waals surface area contributed by atoms with Crippen LogP contribution in [-0.4, -0.2) is 22.9 Å². The first-order valence-corrected chi connectivity index (χ1v) is 13.9. The van der Waals surface area contributed by atoms with Crippen LogP contribution in [0.15, 0.2) is 71.2 Å². The first-order valence-electron chi connectivity index (χ1n) is 13.9. The summed E-state index contributed by atoms with van der Waals surface area (Å²) in [4.78, 5) is 9.50. The summed E-state index contributed by atoms with van der Waals surface area (Å²) in [5.41, 5.74) is 13.6. The maximum Gasteiger partial charge on any atom is 0.165 e.